The molecular formula is C18H21ClN3O5+. The number of amides is 1. The van der Waals surface area contributed by atoms with Crippen molar-refractivity contribution in [3.05, 3.63) is 57.6 Å². The third-order valence-corrected chi connectivity index (χ3v) is 4.00. The van der Waals surface area contributed by atoms with Crippen molar-refractivity contribution in [2.24, 2.45) is 0 Å². The zero-order valence-electron chi connectivity index (χ0n) is 15.0. The van der Waals surface area contributed by atoms with E-state index in [0.29, 0.717) is 29.7 Å². The van der Waals surface area contributed by atoms with E-state index >= 15 is 0 Å². The van der Waals surface area contributed by atoms with Crippen molar-refractivity contribution in [2.45, 2.75) is 0 Å². The van der Waals surface area contributed by atoms with Crippen LogP contribution in [0, 0.1) is 10.1 Å². The fraction of sp³-hybridized carbons (Fsp3) is 0.278. The Hall–Kier alpha value is -2.84. The predicted molar refractivity (Wildman–Crippen MR) is 102 cm³/mol. The molecule has 2 aromatic carbocycles. The van der Waals surface area contributed by atoms with Crippen molar-refractivity contribution in [2.75, 3.05) is 39.2 Å². The molecule has 0 saturated heterocycles. The number of halogens is 1. The standard InChI is InChI=1S/C18H20ClN3O5/c1-21(9-10-27-14-5-3-13(19)4-6-14)12-18(23)20-16-8-7-15(26-2)11-17(16)22(24)25/h3-8,11H,9-10,12H2,1-2H3,(H,20,23)/p+1. The number of ether oxygens (including phenoxy) is 2. The average molecular weight is 395 g/mol. The molecule has 0 heterocycles. The Balaban J connectivity index is 1.84. The topological polar surface area (TPSA) is 95.1 Å². The highest BCUT2D eigenvalue weighted by Crippen LogP contribution is 2.28. The van der Waals surface area contributed by atoms with Gasteiger partial charge in [0.1, 0.15) is 30.3 Å². The first-order valence-electron chi connectivity index (χ1n) is 8.21. The van der Waals surface area contributed by atoms with Crippen molar-refractivity contribution in [3.63, 3.8) is 0 Å². The summed E-state index contributed by atoms with van der Waals surface area (Å²) < 4.78 is 10.6. The number of quaternary nitrogens is 1. The van der Waals surface area contributed by atoms with Crippen LogP contribution in [0.1, 0.15) is 0 Å². The van der Waals surface area contributed by atoms with E-state index in [4.69, 9.17) is 21.1 Å². The number of hydrogen-bond acceptors (Lipinski definition) is 5. The maximum atomic E-state index is 12.2. The van der Waals surface area contributed by atoms with E-state index in [9.17, 15) is 14.9 Å². The summed E-state index contributed by atoms with van der Waals surface area (Å²) in [7, 11) is 3.26. The molecule has 27 heavy (non-hydrogen) atoms. The quantitative estimate of drug-likeness (QED) is 0.499. The molecule has 1 atom stereocenters. The molecule has 0 aromatic heterocycles. The molecule has 1 unspecified atom stereocenters. The fourth-order valence-electron chi connectivity index (χ4n) is 2.33. The molecule has 144 valence electrons. The largest absolute Gasteiger partial charge is 0.496 e. The van der Waals surface area contributed by atoms with Gasteiger partial charge in [-0.05, 0) is 36.4 Å². The number of nitro groups is 1. The monoisotopic (exact) mass is 394 g/mol. The van der Waals surface area contributed by atoms with Gasteiger partial charge in [-0.15, -0.1) is 0 Å². The second kappa shape index (κ2) is 9.75. The van der Waals surface area contributed by atoms with Gasteiger partial charge >= 0.3 is 0 Å². The zero-order valence-corrected chi connectivity index (χ0v) is 15.8. The lowest BCUT2D eigenvalue weighted by atomic mass is 10.2. The number of hydrogen-bond donors (Lipinski definition) is 2. The van der Waals surface area contributed by atoms with Crippen LogP contribution < -0.4 is 19.7 Å². The van der Waals surface area contributed by atoms with Gasteiger partial charge in [-0.2, -0.15) is 0 Å². The van der Waals surface area contributed by atoms with Gasteiger partial charge in [-0.25, -0.2) is 0 Å². The smallest absolute Gasteiger partial charge is 0.296 e. The van der Waals surface area contributed by atoms with Crippen LogP contribution in [-0.4, -0.2) is 44.7 Å². The summed E-state index contributed by atoms with van der Waals surface area (Å²) in [6.45, 7) is 1.15. The lowest BCUT2D eigenvalue weighted by Gasteiger charge is -2.14. The maximum absolute atomic E-state index is 12.2. The predicted octanol–water partition coefficient (Wildman–Crippen LogP) is 1.79. The van der Waals surface area contributed by atoms with Crippen LogP contribution in [0.2, 0.25) is 5.02 Å². The summed E-state index contributed by atoms with van der Waals surface area (Å²) in [5.41, 5.74) is -0.0811. The first-order valence-corrected chi connectivity index (χ1v) is 8.59. The van der Waals surface area contributed by atoms with E-state index in [1.807, 2.05) is 7.05 Å². The van der Waals surface area contributed by atoms with Crippen LogP contribution in [0.5, 0.6) is 11.5 Å². The minimum Gasteiger partial charge on any atom is -0.496 e. The van der Waals surface area contributed by atoms with Crippen LogP contribution in [0.3, 0.4) is 0 Å². The van der Waals surface area contributed by atoms with Gasteiger partial charge in [0.05, 0.1) is 25.1 Å². The second-order valence-electron chi connectivity index (χ2n) is 5.87. The molecule has 1 amide bonds. The Bertz CT molecular complexity index is 798. The summed E-state index contributed by atoms with van der Waals surface area (Å²) in [5.74, 6) is 0.722. The van der Waals surface area contributed by atoms with E-state index in [1.165, 1.54) is 19.2 Å². The molecular weight excluding hydrogens is 374 g/mol. The van der Waals surface area contributed by atoms with Gasteiger partial charge in [0, 0.05) is 5.02 Å². The Morgan fingerprint density at radius 1 is 1.22 bits per heavy atom. The van der Waals surface area contributed by atoms with Crippen molar-refractivity contribution in [3.8, 4) is 11.5 Å². The molecule has 0 spiro atoms. The highest BCUT2D eigenvalue weighted by atomic mass is 35.5. The highest BCUT2D eigenvalue weighted by Gasteiger charge is 2.19. The number of anilines is 1. The fourth-order valence-corrected chi connectivity index (χ4v) is 2.45. The highest BCUT2D eigenvalue weighted by molar-refractivity contribution is 6.30. The lowest BCUT2D eigenvalue weighted by molar-refractivity contribution is -0.871. The number of benzene rings is 2. The number of rotatable bonds is 9. The van der Waals surface area contributed by atoms with Crippen molar-refractivity contribution in [1.82, 2.24) is 0 Å². The van der Waals surface area contributed by atoms with E-state index in [1.54, 1.807) is 30.3 Å². The summed E-state index contributed by atoms with van der Waals surface area (Å²) in [6, 6.07) is 11.3. The Labute approximate surface area is 161 Å². The van der Waals surface area contributed by atoms with Crippen LogP contribution in [0.4, 0.5) is 11.4 Å². The third kappa shape index (κ3) is 6.43. The molecule has 8 nitrogen and oxygen atoms in total. The van der Waals surface area contributed by atoms with Gasteiger partial charge in [-0.1, -0.05) is 11.6 Å². The first-order chi connectivity index (χ1) is 12.9. The van der Waals surface area contributed by atoms with Crippen LogP contribution >= 0.6 is 11.6 Å². The summed E-state index contributed by atoms with van der Waals surface area (Å²) in [4.78, 5) is 23.7. The first kappa shape index (κ1) is 20.5. The van der Waals surface area contributed by atoms with Crippen LogP contribution in [0.15, 0.2) is 42.5 Å². The molecule has 0 aliphatic carbocycles. The Morgan fingerprint density at radius 2 is 1.89 bits per heavy atom. The van der Waals surface area contributed by atoms with Gasteiger partial charge in [0.2, 0.25) is 0 Å². The number of nitro benzene ring substituents is 1. The normalized spacial score (nSPS) is 11.5. The third-order valence-electron chi connectivity index (χ3n) is 3.75. The minimum atomic E-state index is -0.561. The number of likely N-dealkylation sites (N-methyl/N-ethyl adjacent to an activating group) is 1. The molecule has 0 bridgehead atoms. The number of nitrogens with one attached hydrogen (secondary N) is 2. The number of methoxy groups -OCH3 is 1. The van der Waals surface area contributed by atoms with Crippen molar-refractivity contribution in [1.29, 1.82) is 0 Å². The Morgan fingerprint density at radius 3 is 2.52 bits per heavy atom. The van der Waals surface area contributed by atoms with E-state index in [2.05, 4.69) is 5.32 Å². The average Bonchev–Trinajstić information content (AvgIpc) is 2.63. The lowest BCUT2D eigenvalue weighted by Crippen LogP contribution is -3.10. The minimum absolute atomic E-state index is 0.135. The summed E-state index contributed by atoms with van der Waals surface area (Å²) >= 11 is 5.81. The van der Waals surface area contributed by atoms with Crippen molar-refractivity contribution < 1.29 is 24.1 Å². The molecule has 2 rings (SSSR count). The van der Waals surface area contributed by atoms with E-state index < -0.39 is 4.92 Å². The molecule has 0 aliphatic rings. The molecule has 2 N–H and O–H groups in total. The van der Waals surface area contributed by atoms with Gasteiger partial charge < -0.3 is 19.7 Å². The molecule has 0 saturated carbocycles. The van der Waals surface area contributed by atoms with Gasteiger partial charge in [-0.3, -0.25) is 14.9 Å². The molecule has 0 aliphatic heterocycles. The zero-order chi connectivity index (χ0) is 19.8. The summed E-state index contributed by atoms with van der Waals surface area (Å²) in [6.07, 6.45) is 0. The molecule has 0 radical (unpaired) electrons. The molecule has 9 heteroatoms. The van der Waals surface area contributed by atoms with Crippen LogP contribution in [0.25, 0.3) is 0 Å². The van der Waals surface area contributed by atoms with Crippen LogP contribution in [-0.2, 0) is 4.79 Å². The van der Waals surface area contributed by atoms with Gasteiger partial charge in [0.15, 0.2) is 6.54 Å². The molecule has 2 aromatic rings. The van der Waals surface area contributed by atoms with E-state index in [0.717, 1.165) is 4.90 Å². The van der Waals surface area contributed by atoms with Crippen molar-refractivity contribution >= 4 is 28.9 Å². The maximum Gasteiger partial charge on any atom is 0.296 e. The van der Waals surface area contributed by atoms with E-state index in [-0.39, 0.29) is 23.8 Å². The number of carbonyl (C=O) groups excluding carboxylic acids is 1. The number of nitrogens with zero attached hydrogens (tertiary/aromatic N) is 1. The number of carbonyl (C=O) groups is 1. The molecule has 0 fully saturated rings. The summed E-state index contributed by atoms with van der Waals surface area (Å²) in [5, 5.41) is 14.4. The van der Waals surface area contributed by atoms with Gasteiger partial charge in [0.25, 0.3) is 11.6 Å². The Kier molecular flexibility index (Phi) is 7.39. The SMILES string of the molecule is COc1ccc(NC(=O)C[NH+](C)CCOc2ccc(Cl)cc2)c([N+](=O)[O-])c1. The second-order valence-corrected chi connectivity index (χ2v) is 6.31.